The third-order valence-electron chi connectivity index (χ3n) is 6.13. The van der Waals surface area contributed by atoms with Crippen LogP contribution in [-0.4, -0.2) is 18.6 Å². The summed E-state index contributed by atoms with van der Waals surface area (Å²) in [5.74, 6) is 1.07. The number of benzene rings is 2. The van der Waals surface area contributed by atoms with Crippen LogP contribution in [0.2, 0.25) is 0 Å². The van der Waals surface area contributed by atoms with Crippen molar-refractivity contribution in [2.75, 3.05) is 13.7 Å². The maximum Gasteiger partial charge on any atom is 0.585 e. The van der Waals surface area contributed by atoms with E-state index in [1.54, 1.807) is 47.7 Å². The Bertz CT molecular complexity index is 1120. The zero-order chi connectivity index (χ0) is 27.1. The number of nitrogens with zero attached hydrogens (tertiary/aromatic N) is 1. The molecule has 3 aromatic rings. The summed E-state index contributed by atoms with van der Waals surface area (Å²) in [5, 5.41) is 1.98. The Hall–Kier alpha value is -2.54. The third kappa shape index (κ3) is 10.7. The van der Waals surface area contributed by atoms with E-state index >= 15 is 0 Å². The number of phosphoric acid groups is 1. The fraction of sp³-hybridized carbons (Fsp3) is 0.483. The average Bonchev–Trinajstić information content (AvgIpc) is 3.40. The molecule has 0 saturated carbocycles. The van der Waals surface area contributed by atoms with Gasteiger partial charge in [0.05, 0.1) is 19.1 Å². The summed E-state index contributed by atoms with van der Waals surface area (Å²) >= 11 is 1.60. The normalized spacial score (nSPS) is 12.6. The minimum atomic E-state index is -4.48. The van der Waals surface area contributed by atoms with Crippen molar-refractivity contribution in [2.24, 2.45) is 0 Å². The highest BCUT2D eigenvalue weighted by atomic mass is 32.1. The minimum Gasteiger partial charge on any atom is -0.490 e. The Morgan fingerprint density at radius 3 is 2.26 bits per heavy atom. The summed E-state index contributed by atoms with van der Waals surface area (Å²) in [7, 11) is -3.01. The highest BCUT2D eigenvalue weighted by molar-refractivity contribution is 7.48. The molecule has 1 atom stereocenters. The number of hydrogen-bond donors (Lipinski definition) is 1. The number of para-hydroxylation sites is 1. The molecule has 1 unspecified atom stereocenters. The lowest BCUT2D eigenvalue weighted by atomic mass is 10.1. The van der Waals surface area contributed by atoms with E-state index in [0.29, 0.717) is 18.9 Å². The van der Waals surface area contributed by atoms with Crippen molar-refractivity contribution < 1.29 is 32.5 Å². The van der Waals surface area contributed by atoms with Crippen LogP contribution in [0, 0.1) is 0 Å². The molecule has 38 heavy (non-hydrogen) atoms. The number of aromatic nitrogens is 1. The Morgan fingerprint density at radius 2 is 1.58 bits per heavy atom. The van der Waals surface area contributed by atoms with Gasteiger partial charge in [-0.05, 0) is 30.7 Å². The smallest absolute Gasteiger partial charge is 0.490 e. The molecule has 0 bridgehead atoms. The molecule has 0 spiro atoms. The molecule has 9 heteroatoms. The second-order valence-electron chi connectivity index (χ2n) is 9.32. The maximum absolute atomic E-state index is 12.8. The molecular formula is C29H41NO6PS+. The first-order chi connectivity index (χ1) is 18.5. The van der Waals surface area contributed by atoms with Gasteiger partial charge in [-0.25, -0.2) is 4.57 Å². The van der Waals surface area contributed by atoms with Crippen molar-refractivity contribution in [3.05, 3.63) is 65.1 Å². The molecular weight excluding hydrogens is 521 g/mol. The fourth-order valence-electron chi connectivity index (χ4n) is 4.19. The van der Waals surface area contributed by atoms with Gasteiger partial charge >= 0.3 is 7.82 Å². The van der Waals surface area contributed by atoms with E-state index in [2.05, 4.69) is 6.92 Å². The molecule has 0 aliphatic rings. The fourth-order valence-corrected chi connectivity index (χ4v) is 5.60. The first-order valence-electron chi connectivity index (χ1n) is 13.5. The number of ether oxygens (including phenoxy) is 2. The lowest BCUT2D eigenvalue weighted by Crippen LogP contribution is -2.30. The SMILES string of the molecule is CCCCCCCCCCCCOc1cccc(OP(=O)(O)Oc2cccc(C[n+]3ccsc3)c2)c1OC. The van der Waals surface area contributed by atoms with Gasteiger partial charge in [-0.3, -0.25) is 4.89 Å². The predicted molar refractivity (Wildman–Crippen MR) is 151 cm³/mol. The number of methoxy groups -OCH3 is 1. The number of rotatable bonds is 19. The predicted octanol–water partition coefficient (Wildman–Crippen LogP) is 7.95. The van der Waals surface area contributed by atoms with E-state index in [9.17, 15) is 9.46 Å². The number of thiazole rings is 1. The number of hydrogen-bond acceptors (Lipinski definition) is 6. The number of phosphoric ester groups is 1. The van der Waals surface area contributed by atoms with Crippen LogP contribution in [0.25, 0.3) is 0 Å². The monoisotopic (exact) mass is 562 g/mol. The standard InChI is InChI=1S/C29H40NO6PS/c1-3-4-5-6-7-8-9-10-11-12-20-34-27-17-14-18-28(29(27)33-2)36-37(31,32)35-26-16-13-15-25(22-26)23-30-19-21-38-24-30/h13-19,21-22,24H,3-12,20,23H2,1-2H3/p+1. The highest BCUT2D eigenvalue weighted by Crippen LogP contribution is 2.49. The van der Waals surface area contributed by atoms with Crippen LogP contribution in [0.1, 0.15) is 76.7 Å². The second kappa shape index (κ2) is 16.4. The van der Waals surface area contributed by atoms with Crippen molar-refractivity contribution in [1.82, 2.24) is 0 Å². The summed E-state index contributed by atoms with van der Waals surface area (Å²) in [5.41, 5.74) is 2.93. The van der Waals surface area contributed by atoms with E-state index < -0.39 is 7.82 Å². The lowest BCUT2D eigenvalue weighted by Gasteiger charge is -2.18. The van der Waals surface area contributed by atoms with E-state index in [0.717, 1.165) is 18.4 Å². The summed E-state index contributed by atoms with van der Waals surface area (Å²) in [6.07, 6.45) is 14.5. The highest BCUT2D eigenvalue weighted by Gasteiger charge is 2.28. The molecule has 0 aliphatic heterocycles. The molecule has 0 fully saturated rings. The van der Waals surface area contributed by atoms with Crippen molar-refractivity contribution >= 4 is 19.2 Å². The summed E-state index contributed by atoms with van der Waals surface area (Å²) in [6.45, 7) is 3.41. The van der Waals surface area contributed by atoms with Crippen molar-refractivity contribution in [3.63, 3.8) is 0 Å². The first-order valence-corrected chi connectivity index (χ1v) is 16.0. The molecule has 3 rings (SSSR count). The van der Waals surface area contributed by atoms with Crippen LogP contribution in [0.4, 0.5) is 0 Å². The quantitative estimate of drug-likeness (QED) is 0.0908. The minimum absolute atomic E-state index is 0.0869. The van der Waals surface area contributed by atoms with Crippen LogP contribution < -0.4 is 23.1 Å². The van der Waals surface area contributed by atoms with Gasteiger partial charge in [-0.15, -0.1) is 0 Å². The van der Waals surface area contributed by atoms with Gasteiger partial charge in [0.2, 0.25) is 11.3 Å². The van der Waals surface area contributed by atoms with Crippen LogP contribution in [0.15, 0.2) is 59.6 Å². The Balaban J connectivity index is 1.47. The Kier molecular flexibility index (Phi) is 13.0. The van der Waals surface area contributed by atoms with Gasteiger partial charge in [0.25, 0.3) is 0 Å². The molecule has 1 heterocycles. The molecule has 208 valence electrons. The second-order valence-corrected chi connectivity index (χ2v) is 11.4. The van der Waals surface area contributed by atoms with Gasteiger partial charge in [-0.1, -0.05) is 94.2 Å². The van der Waals surface area contributed by atoms with Gasteiger partial charge in [0.1, 0.15) is 5.75 Å². The molecule has 0 saturated heterocycles. The van der Waals surface area contributed by atoms with Crippen LogP contribution in [0.3, 0.4) is 0 Å². The summed E-state index contributed by atoms with van der Waals surface area (Å²) in [6, 6.07) is 12.1. The van der Waals surface area contributed by atoms with Crippen molar-refractivity contribution in [3.8, 4) is 23.0 Å². The zero-order valence-electron chi connectivity index (χ0n) is 22.5. The van der Waals surface area contributed by atoms with Crippen LogP contribution >= 0.6 is 19.2 Å². The molecule has 0 radical (unpaired) electrons. The van der Waals surface area contributed by atoms with E-state index in [4.69, 9.17) is 18.5 Å². The third-order valence-corrected chi connectivity index (χ3v) is 7.67. The van der Waals surface area contributed by atoms with Crippen molar-refractivity contribution in [2.45, 2.75) is 77.7 Å². The van der Waals surface area contributed by atoms with E-state index in [1.165, 1.54) is 58.5 Å². The Morgan fingerprint density at radius 1 is 0.895 bits per heavy atom. The summed E-state index contributed by atoms with van der Waals surface area (Å²) < 4.78 is 37.0. The van der Waals surface area contributed by atoms with Gasteiger partial charge in [-0.2, -0.15) is 4.57 Å². The average molecular weight is 563 g/mol. The largest absolute Gasteiger partial charge is 0.585 e. The van der Waals surface area contributed by atoms with E-state index in [-0.39, 0.29) is 17.2 Å². The maximum atomic E-state index is 12.8. The molecule has 2 aromatic carbocycles. The van der Waals surface area contributed by atoms with E-state index in [1.807, 2.05) is 27.7 Å². The topological polar surface area (TPSA) is 78.1 Å². The molecule has 0 amide bonds. The van der Waals surface area contributed by atoms with Crippen LogP contribution in [0.5, 0.6) is 23.0 Å². The van der Waals surface area contributed by atoms with Gasteiger partial charge in [0, 0.05) is 5.56 Å². The molecule has 0 aliphatic carbocycles. The Labute approximate surface area is 231 Å². The molecule has 1 aromatic heterocycles. The molecule has 7 nitrogen and oxygen atoms in total. The number of unbranched alkanes of at least 4 members (excludes halogenated alkanes) is 9. The van der Waals surface area contributed by atoms with Crippen LogP contribution in [-0.2, 0) is 11.1 Å². The lowest BCUT2D eigenvalue weighted by molar-refractivity contribution is -0.683. The van der Waals surface area contributed by atoms with Gasteiger partial charge < -0.3 is 18.5 Å². The van der Waals surface area contributed by atoms with Crippen molar-refractivity contribution in [1.29, 1.82) is 0 Å². The van der Waals surface area contributed by atoms with Gasteiger partial charge in [0.15, 0.2) is 24.2 Å². The first kappa shape index (κ1) is 30.0. The summed E-state index contributed by atoms with van der Waals surface area (Å²) in [4.78, 5) is 10.5. The molecule has 1 N–H and O–H groups in total. The zero-order valence-corrected chi connectivity index (χ0v) is 24.3.